The molecular formula is C13H18ClNO2. The first kappa shape index (κ1) is 12.7. The molecule has 0 atom stereocenters. The van der Waals surface area contributed by atoms with Crippen LogP contribution in [0.25, 0.3) is 0 Å². The fourth-order valence-electron chi connectivity index (χ4n) is 1.88. The second kappa shape index (κ2) is 6.24. The first-order valence-corrected chi connectivity index (χ1v) is 6.40. The Morgan fingerprint density at radius 3 is 2.82 bits per heavy atom. The Balaban J connectivity index is 1.74. The number of nitrogens with zero attached hydrogens (tertiary/aromatic N) is 1. The zero-order valence-corrected chi connectivity index (χ0v) is 10.6. The predicted octanol–water partition coefficient (Wildman–Crippen LogP) is 2.18. The molecule has 1 fully saturated rings. The highest BCUT2D eigenvalue weighted by Crippen LogP contribution is 2.26. The molecule has 1 aliphatic carbocycles. The summed E-state index contributed by atoms with van der Waals surface area (Å²) in [5.74, 6) is 0.803. The minimum Gasteiger partial charge on any atom is -0.492 e. The molecule has 1 aromatic carbocycles. The fraction of sp³-hybridized carbons (Fsp3) is 0.538. The van der Waals surface area contributed by atoms with Crippen LogP contribution in [0.2, 0.25) is 5.02 Å². The van der Waals surface area contributed by atoms with Crippen molar-refractivity contribution < 1.29 is 9.84 Å². The number of halogens is 1. The average Bonchev–Trinajstić information content (AvgIpc) is 3.12. The average molecular weight is 256 g/mol. The van der Waals surface area contributed by atoms with Crippen LogP contribution in [0.4, 0.5) is 0 Å². The van der Waals surface area contributed by atoms with E-state index < -0.39 is 0 Å². The second-order valence-corrected chi connectivity index (χ2v) is 4.73. The van der Waals surface area contributed by atoms with E-state index in [9.17, 15) is 0 Å². The van der Waals surface area contributed by atoms with Crippen molar-refractivity contribution in [1.82, 2.24) is 4.90 Å². The van der Waals surface area contributed by atoms with Crippen molar-refractivity contribution in [2.45, 2.75) is 18.9 Å². The van der Waals surface area contributed by atoms with E-state index >= 15 is 0 Å². The van der Waals surface area contributed by atoms with Crippen molar-refractivity contribution in [3.63, 3.8) is 0 Å². The van der Waals surface area contributed by atoms with Crippen LogP contribution in [0.3, 0.4) is 0 Å². The van der Waals surface area contributed by atoms with Gasteiger partial charge in [-0.3, -0.25) is 4.90 Å². The molecule has 0 saturated heterocycles. The number of aliphatic hydroxyl groups excluding tert-OH is 1. The minimum atomic E-state index is 0.216. The predicted molar refractivity (Wildman–Crippen MR) is 68.6 cm³/mol. The van der Waals surface area contributed by atoms with E-state index in [2.05, 4.69) is 4.90 Å². The number of hydrogen-bond acceptors (Lipinski definition) is 3. The van der Waals surface area contributed by atoms with Crippen molar-refractivity contribution >= 4 is 11.6 Å². The third-order valence-corrected chi connectivity index (χ3v) is 3.13. The van der Waals surface area contributed by atoms with E-state index in [1.54, 1.807) is 0 Å². The molecule has 0 aliphatic heterocycles. The number of hydrogen-bond donors (Lipinski definition) is 1. The van der Waals surface area contributed by atoms with Crippen LogP contribution in [0.5, 0.6) is 5.75 Å². The maximum absolute atomic E-state index is 8.97. The largest absolute Gasteiger partial charge is 0.492 e. The maximum atomic E-state index is 8.97. The van der Waals surface area contributed by atoms with E-state index in [0.717, 1.165) is 18.8 Å². The number of rotatable bonds is 7. The monoisotopic (exact) mass is 255 g/mol. The van der Waals surface area contributed by atoms with Gasteiger partial charge in [-0.2, -0.15) is 0 Å². The molecule has 3 nitrogen and oxygen atoms in total. The number of benzene rings is 1. The first-order chi connectivity index (χ1) is 8.29. The molecule has 1 N–H and O–H groups in total. The van der Waals surface area contributed by atoms with Crippen LogP contribution in [0, 0.1) is 0 Å². The van der Waals surface area contributed by atoms with Gasteiger partial charge in [0.15, 0.2) is 0 Å². The fourth-order valence-corrected chi connectivity index (χ4v) is 2.06. The van der Waals surface area contributed by atoms with Crippen LogP contribution >= 0.6 is 11.6 Å². The van der Waals surface area contributed by atoms with Gasteiger partial charge in [0.2, 0.25) is 0 Å². The van der Waals surface area contributed by atoms with Gasteiger partial charge in [0.05, 0.1) is 6.61 Å². The van der Waals surface area contributed by atoms with Gasteiger partial charge in [-0.25, -0.2) is 0 Å². The molecule has 0 bridgehead atoms. The van der Waals surface area contributed by atoms with Crippen molar-refractivity contribution in [2.24, 2.45) is 0 Å². The molecule has 0 radical (unpaired) electrons. The molecular weight excluding hydrogens is 238 g/mol. The lowest BCUT2D eigenvalue weighted by Crippen LogP contribution is -2.33. The quantitative estimate of drug-likeness (QED) is 0.811. The lowest BCUT2D eigenvalue weighted by atomic mass is 10.3. The summed E-state index contributed by atoms with van der Waals surface area (Å²) in [5, 5.41) is 9.66. The molecule has 0 spiro atoms. The van der Waals surface area contributed by atoms with Gasteiger partial charge >= 0.3 is 0 Å². The second-order valence-electron chi connectivity index (χ2n) is 4.30. The van der Waals surface area contributed by atoms with E-state index in [4.69, 9.17) is 21.4 Å². The summed E-state index contributed by atoms with van der Waals surface area (Å²) in [5.41, 5.74) is 0. The first-order valence-electron chi connectivity index (χ1n) is 6.03. The van der Waals surface area contributed by atoms with E-state index in [-0.39, 0.29) is 6.61 Å². The number of aliphatic hydroxyl groups is 1. The zero-order valence-electron chi connectivity index (χ0n) is 9.81. The zero-order chi connectivity index (χ0) is 12.1. The molecule has 0 aromatic heterocycles. The summed E-state index contributed by atoms with van der Waals surface area (Å²) in [4.78, 5) is 2.28. The van der Waals surface area contributed by atoms with E-state index in [1.807, 2.05) is 24.3 Å². The van der Waals surface area contributed by atoms with Gasteiger partial charge in [0, 0.05) is 24.2 Å². The summed E-state index contributed by atoms with van der Waals surface area (Å²) in [7, 11) is 0. The van der Waals surface area contributed by atoms with Crippen LogP contribution in [-0.2, 0) is 0 Å². The smallest absolute Gasteiger partial charge is 0.120 e. The molecule has 0 unspecified atom stereocenters. The molecule has 4 heteroatoms. The molecule has 0 heterocycles. The van der Waals surface area contributed by atoms with Crippen LogP contribution < -0.4 is 4.74 Å². The Labute approximate surface area is 107 Å². The lowest BCUT2D eigenvalue weighted by molar-refractivity contribution is 0.162. The maximum Gasteiger partial charge on any atom is 0.120 e. The van der Waals surface area contributed by atoms with Gasteiger partial charge in [0.25, 0.3) is 0 Å². The Kier molecular flexibility index (Phi) is 4.66. The Hall–Kier alpha value is -0.770. The SMILES string of the molecule is OCCN(CCOc1cccc(Cl)c1)C1CC1. The summed E-state index contributed by atoms with van der Waals surface area (Å²) in [6, 6.07) is 8.08. The van der Waals surface area contributed by atoms with Gasteiger partial charge in [-0.05, 0) is 31.0 Å². The van der Waals surface area contributed by atoms with Crippen molar-refractivity contribution in [2.75, 3.05) is 26.3 Å². The van der Waals surface area contributed by atoms with Crippen LogP contribution in [0.15, 0.2) is 24.3 Å². The topological polar surface area (TPSA) is 32.7 Å². The molecule has 94 valence electrons. The van der Waals surface area contributed by atoms with Crippen molar-refractivity contribution in [3.8, 4) is 5.75 Å². The Morgan fingerprint density at radius 1 is 1.35 bits per heavy atom. The normalized spacial score (nSPS) is 15.2. The van der Waals surface area contributed by atoms with Crippen LogP contribution in [0.1, 0.15) is 12.8 Å². The highest BCUT2D eigenvalue weighted by atomic mass is 35.5. The summed E-state index contributed by atoms with van der Waals surface area (Å²) < 4.78 is 5.63. The molecule has 0 amide bonds. The molecule has 1 aliphatic rings. The highest BCUT2D eigenvalue weighted by molar-refractivity contribution is 6.30. The third-order valence-electron chi connectivity index (χ3n) is 2.89. The van der Waals surface area contributed by atoms with Crippen molar-refractivity contribution in [3.05, 3.63) is 29.3 Å². The molecule has 17 heavy (non-hydrogen) atoms. The minimum absolute atomic E-state index is 0.216. The highest BCUT2D eigenvalue weighted by Gasteiger charge is 2.28. The molecule has 1 saturated carbocycles. The van der Waals surface area contributed by atoms with Gasteiger partial charge < -0.3 is 9.84 Å². The Bertz CT molecular complexity index is 355. The van der Waals surface area contributed by atoms with Gasteiger partial charge in [-0.1, -0.05) is 17.7 Å². The third kappa shape index (κ3) is 4.19. The summed E-state index contributed by atoms with van der Waals surface area (Å²) >= 11 is 5.87. The van der Waals surface area contributed by atoms with E-state index in [1.165, 1.54) is 12.8 Å². The van der Waals surface area contributed by atoms with Crippen LogP contribution in [-0.4, -0.2) is 42.4 Å². The standard InChI is InChI=1S/C13H18ClNO2/c14-11-2-1-3-13(10-11)17-9-7-15(6-8-16)12-4-5-12/h1-3,10,12,16H,4-9H2. The van der Waals surface area contributed by atoms with Crippen molar-refractivity contribution in [1.29, 1.82) is 0 Å². The molecule has 2 rings (SSSR count). The lowest BCUT2D eigenvalue weighted by Gasteiger charge is -2.20. The van der Waals surface area contributed by atoms with E-state index in [0.29, 0.717) is 17.7 Å². The molecule has 1 aromatic rings. The Morgan fingerprint density at radius 2 is 2.18 bits per heavy atom. The summed E-state index contributed by atoms with van der Waals surface area (Å²) in [6.45, 7) is 2.45. The summed E-state index contributed by atoms with van der Waals surface area (Å²) in [6.07, 6.45) is 2.49. The van der Waals surface area contributed by atoms with Gasteiger partial charge in [0.1, 0.15) is 12.4 Å². The number of ether oxygens (including phenoxy) is 1. The van der Waals surface area contributed by atoms with Gasteiger partial charge in [-0.15, -0.1) is 0 Å².